The molecule has 8 nitrogen and oxygen atoms in total. The number of carbonyl (C=O) groups excluding carboxylic acids is 1. The number of halogens is 3. The number of aryl methyl sites for hydroxylation is 1. The number of anilines is 1. The van der Waals surface area contributed by atoms with Crippen molar-refractivity contribution in [1.82, 2.24) is 14.8 Å². The summed E-state index contributed by atoms with van der Waals surface area (Å²) in [5.41, 5.74) is -0.993. The Kier molecular flexibility index (Phi) is 4.85. The SMILES string of the molecule is CCOC(=O)c1nc(NS(=O)(=O)c2ccn(C)n2)sc1C(F)(F)F. The number of esters is 1. The monoisotopic (exact) mass is 384 g/mol. The number of alkyl halides is 3. The molecular weight excluding hydrogens is 373 g/mol. The van der Waals surface area contributed by atoms with E-state index < -0.39 is 42.9 Å². The number of rotatable bonds is 5. The second-order valence-corrected chi connectivity index (χ2v) is 6.98. The molecule has 0 aliphatic rings. The van der Waals surface area contributed by atoms with Gasteiger partial charge in [-0.25, -0.2) is 9.78 Å². The first-order valence-corrected chi connectivity index (χ1v) is 8.62. The molecule has 2 heterocycles. The zero-order valence-electron chi connectivity index (χ0n) is 12.3. The first kappa shape index (κ1) is 18.2. The highest BCUT2D eigenvalue weighted by molar-refractivity contribution is 7.92. The summed E-state index contributed by atoms with van der Waals surface area (Å²) in [5.74, 6) is -1.29. The van der Waals surface area contributed by atoms with Crippen molar-refractivity contribution in [2.75, 3.05) is 11.3 Å². The number of aromatic nitrogens is 3. The van der Waals surface area contributed by atoms with Crippen LogP contribution in [-0.4, -0.2) is 35.8 Å². The molecule has 0 fully saturated rings. The highest BCUT2D eigenvalue weighted by Crippen LogP contribution is 2.39. The topological polar surface area (TPSA) is 103 Å². The van der Waals surface area contributed by atoms with Crippen molar-refractivity contribution in [3.8, 4) is 0 Å². The summed E-state index contributed by atoms with van der Waals surface area (Å²) in [6, 6.07) is 1.16. The lowest BCUT2D eigenvalue weighted by Gasteiger charge is -2.04. The predicted octanol–water partition coefficient (Wildman–Crippen LogP) is 1.87. The molecule has 0 amide bonds. The van der Waals surface area contributed by atoms with Crippen molar-refractivity contribution in [3.05, 3.63) is 22.8 Å². The van der Waals surface area contributed by atoms with Crippen LogP contribution in [0.3, 0.4) is 0 Å². The van der Waals surface area contributed by atoms with Crippen LogP contribution in [0.2, 0.25) is 0 Å². The quantitative estimate of drug-likeness (QED) is 0.790. The third-order valence-corrected chi connectivity index (χ3v) is 4.91. The Balaban J connectivity index is 2.40. The maximum absolute atomic E-state index is 13.0. The van der Waals surface area contributed by atoms with Gasteiger partial charge in [-0.3, -0.25) is 9.40 Å². The van der Waals surface area contributed by atoms with Crippen LogP contribution in [0.15, 0.2) is 17.3 Å². The molecule has 0 atom stereocenters. The van der Waals surface area contributed by atoms with E-state index in [-0.39, 0.29) is 17.9 Å². The van der Waals surface area contributed by atoms with Gasteiger partial charge in [0.25, 0.3) is 10.0 Å². The highest BCUT2D eigenvalue weighted by Gasteiger charge is 2.40. The average molecular weight is 384 g/mol. The first-order chi connectivity index (χ1) is 11.0. The molecule has 2 rings (SSSR count). The fraction of sp³-hybridized carbons (Fsp3) is 0.364. The summed E-state index contributed by atoms with van der Waals surface area (Å²) in [5, 5.41) is 2.64. The lowest BCUT2D eigenvalue weighted by molar-refractivity contribution is -0.135. The molecule has 132 valence electrons. The standard InChI is InChI=1S/C11H11F3N4O4S2/c1-3-22-9(19)7-8(11(12,13)14)23-10(15-7)17-24(20,21)6-4-5-18(2)16-6/h4-5H,3H2,1-2H3,(H,15,17). The molecule has 0 radical (unpaired) electrons. The molecule has 0 unspecified atom stereocenters. The summed E-state index contributed by atoms with van der Waals surface area (Å²) in [6.45, 7) is 1.27. The van der Waals surface area contributed by atoms with Crippen LogP contribution in [0, 0.1) is 0 Å². The van der Waals surface area contributed by atoms with Gasteiger partial charge in [0, 0.05) is 13.2 Å². The molecule has 2 aromatic heterocycles. The number of hydrogen-bond donors (Lipinski definition) is 1. The summed E-state index contributed by atoms with van der Waals surface area (Å²) in [7, 11) is -2.76. The summed E-state index contributed by atoms with van der Waals surface area (Å²) in [4.78, 5) is 13.7. The minimum Gasteiger partial charge on any atom is -0.461 e. The number of thiazole rings is 1. The van der Waals surface area contributed by atoms with E-state index in [0.717, 1.165) is 6.07 Å². The fourth-order valence-electron chi connectivity index (χ4n) is 1.60. The van der Waals surface area contributed by atoms with Crippen molar-refractivity contribution in [3.63, 3.8) is 0 Å². The van der Waals surface area contributed by atoms with Gasteiger partial charge < -0.3 is 4.74 Å². The largest absolute Gasteiger partial charge is 0.461 e. The van der Waals surface area contributed by atoms with Gasteiger partial charge in [0.05, 0.1) is 6.61 Å². The van der Waals surface area contributed by atoms with E-state index in [1.54, 1.807) is 0 Å². The maximum Gasteiger partial charge on any atom is 0.428 e. The van der Waals surface area contributed by atoms with Crippen molar-refractivity contribution in [2.24, 2.45) is 7.05 Å². The second-order valence-electron chi connectivity index (χ2n) is 4.35. The smallest absolute Gasteiger partial charge is 0.428 e. The van der Waals surface area contributed by atoms with Crippen LogP contribution in [-0.2, 0) is 28.0 Å². The number of carbonyl (C=O) groups is 1. The van der Waals surface area contributed by atoms with Gasteiger partial charge in [-0.05, 0) is 13.0 Å². The number of nitrogens with zero attached hydrogens (tertiary/aromatic N) is 3. The van der Waals surface area contributed by atoms with Crippen molar-refractivity contribution in [2.45, 2.75) is 18.1 Å². The maximum atomic E-state index is 13.0. The highest BCUT2D eigenvalue weighted by atomic mass is 32.2. The van der Waals surface area contributed by atoms with Crippen LogP contribution >= 0.6 is 11.3 Å². The molecule has 24 heavy (non-hydrogen) atoms. The Labute approximate surface area is 138 Å². The van der Waals surface area contributed by atoms with Crippen molar-refractivity contribution in [1.29, 1.82) is 0 Å². The van der Waals surface area contributed by atoms with E-state index in [1.165, 1.54) is 24.9 Å². The lowest BCUT2D eigenvalue weighted by Crippen LogP contribution is -2.15. The summed E-state index contributed by atoms with van der Waals surface area (Å²) < 4.78 is 70.7. The van der Waals surface area contributed by atoms with Gasteiger partial charge in [-0.1, -0.05) is 11.3 Å². The zero-order chi connectivity index (χ0) is 18.1. The van der Waals surface area contributed by atoms with Gasteiger partial charge in [-0.15, -0.1) is 0 Å². The molecule has 2 aromatic rings. The average Bonchev–Trinajstić information content (AvgIpc) is 3.05. The van der Waals surface area contributed by atoms with Gasteiger partial charge in [0.2, 0.25) is 0 Å². The number of hydrogen-bond acceptors (Lipinski definition) is 7. The number of nitrogens with one attached hydrogen (secondary N) is 1. The van der Waals surface area contributed by atoms with Gasteiger partial charge in [0.1, 0.15) is 4.88 Å². The molecular formula is C11H11F3N4O4S2. The Morgan fingerprint density at radius 1 is 1.46 bits per heavy atom. The number of ether oxygens (including phenoxy) is 1. The van der Waals surface area contributed by atoms with Crippen LogP contribution in [0.1, 0.15) is 22.3 Å². The minimum absolute atomic E-state index is 0.0128. The van der Waals surface area contributed by atoms with E-state index >= 15 is 0 Å². The van der Waals surface area contributed by atoms with Crippen LogP contribution in [0.4, 0.5) is 18.3 Å². The molecule has 0 saturated heterocycles. The molecule has 0 aliphatic heterocycles. The lowest BCUT2D eigenvalue weighted by atomic mass is 10.3. The minimum atomic E-state index is -4.88. The molecule has 0 saturated carbocycles. The van der Waals surface area contributed by atoms with E-state index in [0.29, 0.717) is 0 Å². The van der Waals surface area contributed by atoms with Crippen molar-refractivity contribution >= 4 is 32.5 Å². The summed E-state index contributed by atoms with van der Waals surface area (Å²) in [6.07, 6.45) is -3.53. The molecule has 0 bridgehead atoms. The Bertz CT molecular complexity index is 857. The van der Waals surface area contributed by atoms with Crippen LogP contribution in [0.5, 0.6) is 0 Å². The third-order valence-electron chi connectivity index (χ3n) is 2.54. The van der Waals surface area contributed by atoms with E-state index in [4.69, 9.17) is 0 Å². The third kappa shape index (κ3) is 3.84. The summed E-state index contributed by atoms with van der Waals surface area (Å²) >= 11 is -0.0128. The van der Waals surface area contributed by atoms with E-state index in [9.17, 15) is 26.4 Å². The van der Waals surface area contributed by atoms with Gasteiger partial charge in [-0.2, -0.15) is 26.7 Å². The first-order valence-electron chi connectivity index (χ1n) is 6.32. The van der Waals surface area contributed by atoms with E-state index in [1.807, 2.05) is 4.72 Å². The van der Waals surface area contributed by atoms with Crippen LogP contribution in [0.25, 0.3) is 0 Å². The zero-order valence-corrected chi connectivity index (χ0v) is 13.9. The Morgan fingerprint density at radius 2 is 2.12 bits per heavy atom. The van der Waals surface area contributed by atoms with Crippen LogP contribution < -0.4 is 4.72 Å². The molecule has 0 spiro atoms. The Hall–Kier alpha value is -2.15. The number of sulfonamides is 1. The Morgan fingerprint density at radius 3 is 2.62 bits per heavy atom. The van der Waals surface area contributed by atoms with E-state index in [2.05, 4.69) is 14.8 Å². The molecule has 13 heteroatoms. The van der Waals surface area contributed by atoms with Crippen molar-refractivity contribution < 1.29 is 31.1 Å². The van der Waals surface area contributed by atoms with Gasteiger partial charge >= 0.3 is 12.1 Å². The normalized spacial score (nSPS) is 12.2. The molecule has 0 aromatic carbocycles. The second kappa shape index (κ2) is 6.39. The predicted molar refractivity (Wildman–Crippen MR) is 77.1 cm³/mol. The molecule has 0 aliphatic carbocycles. The van der Waals surface area contributed by atoms with Gasteiger partial charge in [0.15, 0.2) is 15.9 Å². The fourth-order valence-corrected chi connectivity index (χ4v) is 3.62. The molecule has 1 N–H and O–H groups in total.